The van der Waals surface area contributed by atoms with Gasteiger partial charge in [-0.25, -0.2) is 9.97 Å². The molecule has 12 rings (SSSR count). The molecule has 0 atom stereocenters. The van der Waals surface area contributed by atoms with Gasteiger partial charge in [-0.2, -0.15) is 0 Å². The Morgan fingerprint density at radius 1 is 0.371 bits per heavy atom. The van der Waals surface area contributed by atoms with Crippen molar-refractivity contribution in [3.05, 3.63) is 231 Å². The minimum Gasteiger partial charge on any atom is -0.316 e. The zero-order valence-corrected chi connectivity index (χ0v) is 33.7. The van der Waals surface area contributed by atoms with Gasteiger partial charge in [-0.3, -0.25) is 0 Å². The minimum atomic E-state index is 0.709. The fraction of sp³-hybridized carbons (Fsp3) is 0. The van der Waals surface area contributed by atoms with Crippen LogP contribution in [0.25, 0.3) is 110 Å². The molecular formula is C58H38N4. The molecule has 0 spiro atoms. The summed E-state index contributed by atoms with van der Waals surface area (Å²) in [5, 5.41) is 10.8. The summed E-state index contributed by atoms with van der Waals surface area (Å²) in [6.45, 7) is 0. The van der Waals surface area contributed by atoms with Crippen molar-refractivity contribution in [1.29, 1.82) is 0 Å². The van der Waals surface area contributed by atoms with Gasteiger partial charge in [-0.05, 0) is 80.3 Å². The Labute approximate surface area is 358 Å². The summed E-state index contributed by atoms with van der Waals surface area (Å²) in [6, 6.07) is 78.1. The number of rotatable bonds is 5. The van der Waals surface area contributed by atoms with Gasteiger partial charge >= 0.3 is 0 Å². The van der Waals surface area contributed by atoms with E-state index in [-0.39, 0.29) is 0 Å². The van der Waals surface area contributed by atoms with E-state index in [9.17, 15) is 0 Å². The summed E-state index contributed by atoms with van der Waals surface area (Å²) in [5.41, 5.74) is 10.6. The molecular weight excluding hydrogens is 753 g/mol. The molecule has 0 unspecified atom stereocenters. The fourth-order valence-corrected chi connectivity index (χ4v) is 9.41. The van der Waals surface area contributed by atoms with Crippen molar-refractivity contribution in [2.75, 3.05) is 0 Å². The van der Waals surface area contributed by atoms with E-state index in [0.29, 0.717) is 5.82 Å². The van der Waals surface area contributed by atoms with Crippen molar-refractivity contribution in [2.24, 2.45) is 0 Å². The molecule has 0 aliphatic heterocycles. The van der Waals surface area contributed by atoms with E-state index in [0.717, 1.165) is 61.1 Å². The second kappa shape index (κ2) is 14.7. The Morgan fingerprint density at radius 2 is 0.952 bits per heavy atom. The third kappa shape index (κ3) is 5.84. The van der Waals surface area contributed by atoms with Gasteiger partial charge in [0.05, 0.1) is 22.2 Å². The largest absolute Gasteiger partial charge is 0.316 e. The van der Waals surface area contributed by atoms with Crippen molar-refractivity contribution in [3.8, 4) is 45.1 Å². The molecule has 9 aromatic carbocycles. The summed E-state index contributed by atoms with van der Waals surface area (Å²) in [6.07, 6.45) is 4.28. The van der Waals surface area contributed by atoms with E-state index >= 15 is 0 Å². The van der Waals surface area contributed by atoms with Gasteiger partial charge in [0.25, 0.3) is 0 Å². The molecule has 0 N–H and O–H groups in total. The quantitative estimate of drug-likeness (QED) is 0.174. The van der Waals surface area contributed by atoms with Crippen LogP contribution in [0.4, 0.5) is 0 Å². The van der Waals surface area contributed by atoms with Gasteiger partial charge in [-0.15, -0.1) is 0 Å². The lowest BCUT2D eigenvalue weighted by Gasteiger charge is -2.14. The highest BCUT2D eigenvalue weighted by Gasteiger charge is 2.21. The number of hydrogen-bond donors (Lipinski definition) is 0. The third-order valence-corrected chi connectivity index (χ3v) is 12.2. The minimum absolute atomic E-state index is 0.709. The number of aromatic nitrogens is 4. The van der Waals surface area contributed by atoms with Crippen LogP contribution in [-0.2, 0) is 0 Å². The summed E-state index contributed by atoms with van der Waals surface area (Å²) in [4.78, 5) is 10.1. The molecule has 3 aromatic heterocycles. The predicted molar refractivity (Wildman–Crippen MR) is 260 cm³/mol. The standard InChI is InChI=1S/C58H38N4/c1-4-18-40(19-5-1)56-51(37-59-58(60-56)41-20-6-2-7-21-41)39-32-34-45(35-33-39)62-53-31-17-15-29-49(53)55-50-36-42-22-11-16-30-52(42)61(44-24-8-3-9-25-44)38-43-23-10-12-26-46(43)54(50)47-27-13-14-28-48(47)57(55)62/h1-38H. The maximum atomic E-state index is 5.17. The summed E-state index contributed by atoms with van der Waals surface area (Å²) in [7, 11) is 0. The van der Waals surface area contributed by atoms with Crippen LogP contribution in [0.2, 0.25) is 0 Å². The fourth-order valence-electron chi connectivity index (χ4n) is 9.41. The molecule has 62 heavy (non-hydrogen) atoms. The highest BCUT2D eigenvalue weighted by molar-refractivity contribution is 6.36. The zero-order chi connectivity index (χ0) is 41.0. The smallest absolute Gasteiger partial charge is 0.159 e. The van der Waals surface area contributed by atoms with E-state index in [1.54, 1.807) is 0 Å². The van der Waals surface area contributed by atoms with Gasteiger partial charge in [-0.1, -0.05) is 176 Å². The van der Waals surface area contributed by atoms with Gasteiger partial charge in [0.15, 0.2) is 5.82 Å². The van der Waals surface area contributed by atoms with Gasteiger partial charge < -0.3 is 9.13 Å². The molecule has 0 aliphatic carbocycles. The molecule has 4 nitrogen and oxygen atoms in total. The SMILES string of the molecule is c1ccc(-c2ncc(-c3ccc(-n4c5ccccc5c5c6cc7ccccc7n(-c7ccccc7)cc7ccccc7c6c6ccccc6c54)cc3)c(-c3ccccc3)n2)cc1. The zero-order valence-electron chi connectivity index (χ0n) is 33.7. The van der Waals surface area contributed by atoms with Crippen molar-refractivity contribution >= 4 is 65.0 Å². The van der Waals surface area contributed by atoms with Crippen LogP contribution in [0.15, 0.2) is 231 Å². The van der Waals surface area contributed by atoms with Crippen molar-refractivity contribution < 1.29 is 0 Å². The maximum absolute atomic E-state index is 5.17. The van der Waals surface area contributed by atoms with Crippen LogP contribution in [0.1, 0.15) is 0 Å². The number of para-hydroxylation sites is 3. The Morgan fingerprint density at radius 3 is 1.69 bits per heavy atom. The van der Waals surface area contributed by atoms with E-state index in [4.69, 9.17) is 9.97 Å². The molecule has 0 aliphatic rings. The predicted octanol–water partition coefficient (Wildman–Crippen LogP) is 15.1. The Kier molecular flexibility index (Phi) is 8.46. The average Bonchev–Trinajstić information content (AvgIpc) is 3.72. The summed E-state index contributed by atoms with van der Waals surface area (Å²) >= 11 is 0. The molecule has 0 fully saturated rings. The first-order chi connectivity index (χ1) is 30.8. The van der Waals surface area contributed by atoms with Crippen LogP contribution in [0.5, 0.6) is 0 Å². The average molecular weight is 791 g/mol. The van der Waals surface area contributed by atoms with E-state index < -0.39 is 0 Å². The number of nitrogens with zero attached hydrogens (tertiary/aromatic N) is 4. The number of benzene rings is 9. The second-order valence-corrected chi connectivity index (χ2v) is 15.8. The Bertz CT molecular complexity index is 3720. The maximum Gasteiger partial charge on any atom is 0.159 e. The molecule has 0 amide bonds. The molecule has 0 radical (unpaired) electrons. The molecule has 290 valence electrons. The van der Waals surface area contributed by atoms with Crippen LogP contribution in [0, 0.1) is 0 Å². The molecule has 0 bridgehead atoms. The first kappa shape index (κ1) is 35.6. The highest BCUT2D eigenvalue weighted by Crippen LogP contribution is 2.44. The lowest BCUT2D eigenvalue weighted by atomic mass is 9.94. The monoisotopic (exact) mass is 790 g/mol. The third-order valence-electron chi connectivity index (χ3n) is 12.2. The lowest BCUT2D eigenvalue weighted by molar-refractivity contribution is 1.12. The van der Waals surface area contributed by atoms with E-state index in [2.05, 4.69) is 209 Å². The van der Waals surface area contributed by atoms with Crippen molar-refractivity contribution in [3.63, 3.8) is 0 Å². The van der Waals surface area contributed by atoms with Crippen LogP contribution >= 0.6 is 0 Å². The van der Waals surface area contributed by atoms with Crippen LogP contribution < -0.4 is 0 Å². The first-order valence-electron chi connectivity index (χ1n) is 21.1. The van der Waals surface area contributed by atoms with Crippen molar-refractivity contribution in [1.82, 2.24) is 19.1 Å². The molecule has 12 aromatic rings. The van der Waals surface area contributed by atoms with E-state index in [1.807, 2.05) is 30.5 Å². The molecule has 0 saturated heterocycles. The highest BCUT2D eigenvalue weighted by atomic mass is 15.0. The summed E-state index contributed by atoms with van der Waals surface area (Å²) in [5.74, 6) is 0.709. The first-order valence-corrected chi connectivity index (χ1v) is 21.1. The Balaban J connectivity index is 1.16. The lowest BCUT2D eigenvalue weighted by Crippen LogP contribution is -1.97. The molecule has 3 heterocycles. The molecule has 0 saturated carbocycles. The van der Waals surface area contributed by atoms with Crippen LogP contribution in [0.3, 0.4) is 0 Å². The summed E-state index contributed by atoms with van der Waals surface area (Å²) < 4.78 is 4.80. The van der Waals surface area contributed by atoms with Gasteiger partial charge in [0, 0.05) is 56.6 Å². The molecule has 4 heteroatoms. The van der Waals surface area contributed by atoms with E-state index in [1.165, 1.54) is 43.2 Å². The normalized spacial score (nSPS) is 11.5. The number of hydrogen-bond acceptors (Lipinski definition) is 2. The Hall–Kier alpha value is -8.34. The number of fused-ring (bicyclic) bond motifs is 11. The second-order valence-electron chi connectivity index (χ2n) is 15.8. The van der Waals surface area contributed by atoms with Gasteiger partial charge in [0.1, 0.15) is 0 Å². The van der Waals surface area contributed by atoms with Crippen molar-refractivity contribution in [2.45, 2.75) is 0 Å². The topological polar surface area (TPSA) is 35.6 Å². The van der Waals surface area contributed by atoms with Gasteiger partial charge in [0.2, 0.25) is 0 Å². The van der Waals surface area contributed by atoms with Crippen LogP contribution in [-0.4, -0.2) is 19.1 Å².